The highest BCUT2D eigenvalue weighted by Gasteiger charge is 2.33. The predicted octanol–water partition coefficient (Wildman–Crippen LogP) is 5.44. The van der Waals surface area contributed by atoms with Crippen molar-refractivity contribution < 1.29 is 18.0 Å². The number of sulfonamides is 1. The monoisotopic (exact) mass is 575 g/mol. The van der Waals surface area contributed by atoms with Gasteiger partial charge in [-0.3, -0.25) is 13.9 Å². The summed E-state index contributed by atoms with van der Waals surface area (Å²) >= 11 is 12.4. The standard InChI is InChI=1S/C28H31Cl2N3O4S/c1-19(2)31-28(35)21(4)32(17-22-7-5-6-8-26(22)30)27(34)18-33(24-13-11-23(29)12-14-24)38(36,37)25-15-9-20(3)10-16-25/h5-16,19,21H,17-18H2,1-4H3,(H,31,35)/t21-/m1/s1. The number of amides is 2. The van der Waals surface area contributed by atoms with E-state index in [4.69, 9.17) is 23.2 Å². The van der Waals surface area contributed by atoms with Crippen LogP contribution < -0.4 is 9.62 Å². The van der Waals surface area contributed by atoms with Crippen molar-refractivity contribution in [1.82, 2.24) is 10.2 Å². The maximum absolute atomic E-state index is 13.8. The summed E-state index contributed by atoms with van der Waals surface area (Å²) in [6, 6.07) is 18.5. The van der Waals surface area contributed by atoms with E-state index in [-0.39, 0.29) is 29.1 Å². The Labute approximate surface area is 234 Å². The number of halogens is 2. The zero-order valence-electron chi connectivity index (χ0n) is 21.7. The second kappa shape index (κ2) is 12.7. The van der Waals surface area contributed by atoms with Crippen molar-refractivity contribution in [2.24, 2.45) is 0 Å². The van der Waals surface area contributed by atoms with Gasteiger partial charge in [0.15, 0.2) is 0 Å². The van der Waals surface area contributed by atoms with Crippen molar-refractivity contribution in [3.63, 3.8) is 0 Å². The molecule has 3 aromatic carbocycles. The fourth-order valence-corrected chi connectivity index (χ4v) is 5.51. The van der Waals surface area contributed by atoms with Crippen LogP contribution in [0.2, 0.25) is 10.0 Å². The molecular formula is C28H31Cl2N3O4S. The molecule has 0 radical (unpaired) electrons. The molecule has 1 atom stereocenters. The molecule has 38 heavy (non-hydrogen) atoms. The molecule has 1 N–H and O–H groups in total. The molecular weight excluding hydrogens is 545 g/mol. The van der Waals surface area contributed by atoms with E-state index >= 15 is 0 Å². The normalized spacial score (nSPS) is 12.2. The molecule has 0 aliphatic heterocycles. The topological polar surface area (TPSA) is 86.8 Å². The van der Waals surface area contributed by atoms with Gasteiger partial charge in [0.05, 0.1) is 10.6 Å². The van der Waals surface area contributed by atoms with Crippen molar-refractivity contribution in [2.75, 3.05) is 10.8 Å². The summed E-state index contributed by atoms with van der Waals surface area (Å²) in [7, 11) is -4.14. The summed E-state index contributed by atoms with van der Waals surface area (Å²) in [6.45, 7) is 6.58. The molecule has 0 aliphatic rings. The molecule has 0 unspecified atom stereocenters. The molecule has 10 heteroatoms. The lowest BCUT2D eigenvalue weighted by molar-refractivity contribution is -0.139. The fourth-order valence-electron chi connectivity index (χ4n) is 3.77. The highest BCUT2D eigenvalue weighted by atomic mass is 35.5. The Hall–Kier alpha value is -3.07. The first kappa shape index (κ1) is 29.5. The van der Waals surface area contributed by atoms with E-state index in [2.05, 4.69) is 5.32 Å². The van der Waals surface area contributed by atoms with Gasteiger partial charge in [-0.05, 0) is 75.7 Å². The van der Waals surface area contributed by atoms with Gasteiger partial charge in [-0.2, -0.15) is 0 Å². The summed E-state index contributed by atoms with van der Waals surface area (Å²) < 4.78 is 28.6. The van der Waals surface area contributed by atoms with Crippen molar-refractivity contribution in [3.05, 3.63) is 94.0 Å². The molecule has 2 amide bonds. The third-order valence-electron chi connectivity index (χ3n) is 5.90. The number of carbonyl (C=O) groups is 2. The molecule has 3 rings (SSSR count). The van der Waals surface area contributed by atoms with Gasteiger partial charge in [-0.25, -0.2) is 8.42 Å². The molecule has 0 saturated heterocycles. The Balaban J connectivity index is 2.03. The number of anilines is 1. The van der Waals surface area contributed by atoms with Crippen molar-refractivity contribution in [3.8, 4) is 0 Å². The Kier molecular flexibility index (Phi) is 9.82. The first-order chi connectivity index (χ1) is 17.9. The van der Waals surface area contributed by atoms with E-state index in [0.717, 1.165) is 9.87 Å². The summed E-state index contributed by atoms with van der Waals surface area (Å²) in [4.78, 5) is 28.2. The average Bonchev–Trinajstić information content (AvgIpc) is 2.86. The largest absolute Gasteiger partial charge is 0.352 e. The quantitative estimate of drug-likeness (QED) is 0.348. The van der Waals surface area contributed by atoms with Gasteiger partial charge in [0, 0.05) is 22.6 Å². The van der Waals surface area contributed by atoms with Crippen LogP contribution in [0.3, 0.4) is 0 Å². The first-order valence-corrected chi connectivity index (χ1v) is 14.3. The molecule has 0 fully saturated rings. The van der Waals surface area contributed by atoms with Crippen LogP contribution in [-0.2, 0) is 26.2 Å². The number of nitrogens with one attached hydrogen (secondary N) is 1. The van der Waals surface area contributed by atoms with E-state index in [1.54, 1.807) is 55.5 Å². The second-order valence-corrected chi connectivity index (χ2v) is 12.0. The summed E-state index contributed by atoms with van der Waals surface area (Å²) in [6.07, 6.45) is 0. The molecule has 0 saturated carbocycles. The molecule has 0 heterocycles. The Morgan fingerprint density at radius 3 is 2.08 bits per heavy atom. The lowest BCUT2D eigenvalue weighted by Crippen LogP contribution is -2.52. The zero-order chi connectivity index (χ0) is 28.0. The van der Waals surface area contributed by atoms with Crippen LogP contribution in [-0.4, -0.2) is 43.8 Å². The Morgan fingerprint density at radius 1 is 0.895 bits per heavy atom. The van der Waals surface area contributed by atoms with Crippen LogP contribution in [0.4, 0.5) is 5.69 Å². The van der Waals surface area contributed by atoms with Crippen LogP contribution in [0.15, 0.2) is 77.7 Å². The van der Waals surface area contributed by atoms with Gasteiger partial charge < -0.3 is 10.2 Å². The van der Waals surface area contributed by atoms with Crippen LogP contribution >= 0.6 is 23.2 Å². The highest BCUT2D eigenvalue weighted by molar-refractivity contribution is 7.92. The van der Waals surface area contributed by atoms with E-state index < -0.39 is 28.5 Å². The first-order valence-electron chi connectivity index (χ1n) is 12.1. The second-order valence-electron chi connectivity index (χ2n) is 9.25. The van der Waals surface area contributed by atoms with Gasteiger partial charge in [-0.1, -0.05) is 59.1 Å². The van der Waals surface area contributed by atoms with Crippen molar-refractivity contribution in [1.29, 1.82) is 0 Å². The van der Waals surface area contributed by atoms with Crippen LogP contribution in [0.5, 0.6) is 0 Å². The van der Waals surface area contributed by atoms with Crippen molar-refractivity contribution >= 4 is 50.7 Å². The smallest absolute Gasteiger partial charge is 0.264 e. The number of rotatable bonds is 10. The molecule has 0 bridgehead atoms. The minimum Gasteiger partial charge on any atom is -0.352 e. The third-order valence-corrected chi connectivity index (χ3v) is 8.31. The van der Waals surface area contributed by atoms with Gasteiger partial charge in [0.2, 0.25) is 11.8 Å². The lowest BCUT2D eigenvalue weighted by atomic mass is 10.1. The number of aryl methyl sites for hydroxylation is 1. The Morgan fingerprint density at radius 2 is 1.50 bits per heavy atom. The van der Waals surface area contributed by atoms with Gasteiger partial charge >= 0.3 is 0 Å². The number of nitrogens with zero attached hydrogens (tertiary/aromatic N) is 2. The number of carbonyl (C=O) groups excluding carboxylic acids is 2. The third kappa shape index (κ3) is 7.28. The van der Waals surface area contributed by atoms with E-state index in [1.165, 1.54) is 29.2 Å². The van der Waals surface area contributed by atoms with Crippen molar-refractivity contribution in [2.45, 2.75) is 51.2 Å². The molecule has 7 nitrogen and oxygen atoms in total. The molecule has 0 aliphatic carbocycles. The van der Waals surface area contributed by atoms with E-state index in [0.29, 0.717) is 15.6 Å². The predicted molar refractivity (Wildman–Crippen MR) is 152 cm³/mol. The maximum Gasteiger partial charge on any atom is 0.264 e. The lowest BCUT2D eigenvalue weighted by Gasteiger charge is -2.32. The van der Waals surface area contributed by atoms with Crippen LogP contribution in [0.25, 0.3) is 0 Å². The van der Waals surface area contributed by atoms with Gasteiger partial charge in [-0.15, -0.1) is 0 Å². The summed E-state index contributed by atoms with van der Waals surface area (Å²) in [5.41, 5.74) is 1.79. The maximum atomic E-state index is 13.8. The minimum absolute atomic E-state index is 0.0181. The number of hydrogen-bond donors (Lipinski definition) is 1. The summed E-state index contributed by atoms with van der Waals surface area (Å²) in [5, 5.41) is 3.68. The number of hydrogen-bond acceptors (Lipinski definition) is 4. The van der Waals surface area contributed by atoms with Crippen LogP contribution in [0.1, 0.15) is 31.9 Å². The molecule has 202 valence electrons. The van der Waals surface area contributed by atoms with Gasteiger partial charge in [0.1, 0.15) is 12.6 Å². The fraction of sp³-hybridized carbons (Fsp3) is 0.286. The molecule has 0 spiro atoms. The highest BCUT2D eigenvalue weighted by Crippen LogP contribution is 2.27. The van der Waals surface area contributed by atoms with Gasteiger partial charge in [0.25, 0.3) is 10.0 Å². The zero-order valence-corrected chi connectivity index (χ0v) is 24.0. The summed E-state index contributed by atoms with van der Waals surface area (Å²) in [5.74, 6) is -0.929. The van der Waals surface area contributed by atoms with Crippen LogP contribution in [0, 0.1) is 6.92 Å². The molecule has 0 aromatic heterocycles. The Bertz CT molecular complexity index is 1380. The van der Waals surface area contributed by atoms with E-state index in [9.17, 15) is 18.0 Å². The average molecular weight is 577 g/mol. The van der Waals surface area contributed by atoms with E-state index in [1.807, 2.05) is 20.8 Å². The molecule has 3 aromatic rings. The SMILES string of the molecule is Cc1ccc(S(=O)(=O)N(CC(=O)N(Cc2ccccc2Cl)[C@H](C)C(=O)NC(C)C)c2ccc(Cl)cc2)cc1. The minimum atomic E-state index is -4.14. The number of benzene rings is 3.